The zero-order valence-electron chi connectivity index (χ0n) is 11.4. The number of hydrogen-bond acceptors (Lipinski definition) is 4. The summed E-state index contributed by atoms with van der Waals surface area (Å²) in [4.78, 5) is 23.0. The maximum Gasteiger partial charge on any atom is 0.337 e. The van der Waals surface area contributed by atoms with E-state index in [1.807, 2.05) is 0 Å². The normalized spacial score (nSPS) is 10.4. The Labute approximate surface area is 119 Å². The molecule has 1 heterocycles. The zero-order valence-corrected chi connectivity index (χ0v) is 11.4. The fraction of sp³-hybridized carbons (Fsp3) is 0.214. The summed E-state index contributed by atoms with van der Waals surface area (Å²) < 4.78 is 18.0. The van der Waals surface area contributed by atoms with Crippen LogP contribution in [0.2, 0.25) is 0 Å². The van der Waals surface area contributed by atoms with Gasteiger partial charge in [0, 0.05) is 5.56 Å². The van der Waals surface area contributed by atoms with E-state index in [4.69, 9.17) is 9.63 Å². The average Bonchev–Trinajstić information content (AvgIpc) is 2.72. The third-order valence-corrected chi connectivity index (χ3v) is 3.00. The number of amides is 1. The van der Waals surface area contributed by atoms with E-state index in [0.29, 0.717) is 17.0 Å². The van der Waals surface area contributed by atoms with Crippen LogP contribution in [0.5, 0.6) is 0 Å². The molecule has 7 heteroatoms. The van der Waals surface area contributed by atoms with Gasteiger partial charge in [-0.1, -0.05) is 5.16 Å². The highest BCUT2D eigenvalue weighted by molar-refractivity contribution is 6.01. The van der Waals surface area contributed by atoms with E-state index >= 15 is 0 Å². The second-order valence-corrected chi connectivity index (χ2v) is 4.52. The second-order valence-electron chi connectivity index (χ2n) is 4.52. The van der Waals surface area contributed by atoms with Gasteiger partial charge in [0.2, 0.25) is 5.91 Å². The molecule has 0 radical (unpaired) electrons. The van der Waals surface area contributed by atoms with Crippen molar-refractivity contribution in [2.75, 3.05) is 5.32 Å². The number of aromatic nitrogens is 1. The van der Waals surface area contributed by atoms with Crippen LogP contribution in [0.15, 0.2) is 22.7 Å². The van der Waals surface area contributed by atoms with E-state index in [9.17, 15) is 14.0 Å². The van der Waals surface area contributed by atoms with Gasteiger partial charge in [0.1, 0.15) is 11.6 Å². The van der Waals surface area contributed by atoms with Gasteiger partial charge in [0.25, 0.3) is 0 Å². The molecule has 0 aliphatic carbocycles. The summed E-state index contributed by atoms with van der Waals surface area (Å²) in [6, 6.07) is 3.15. The first kappa shape index (κ1) is 14.7. The van der Waals surface area contributed by atoms with Crippen LogP contribution in [0.25, 0.3) is 0 Å². The smallest absolute Gasteiger partial charge is 0.337 e. The third-order valence-electron chi connectivity index (χ3n) is 3.00. The van der Waals surface area contributed by atoms with E-state index in [1.54, 1.807) is 13.8 Å². The van der Waals surface area contributed by atoms with Crippen molar-refractivity contribution in [2.24, 2.45) is 0 Å². The molecule has 0 bridgehead atoms. The Hall–Kier alpha value is -2.70. The molecule has 1 amide bonds. The quantitative estimate of drug-likeness (QED) is 0.902. The van der Waals surface area contributed by atoms with Crippen molar-refractivity contribution in [2.45, 2.75) is 20.3 Å². The summed E-state index contributed by atoms with van der Waals surface area (Å²) in [7, 11) is 0. The first-order valence-corrected chi connectivity index (χ1v) is 6.13. The largest absolute Gasteiger partial charge is 0.478 e. The van der Waals surface area contributed by atoms with Gasteiger partial charge >= 0.3 is 5.97 Å². The Kier molecular flexibility index (Phi) is 4.02. The number of aryl methyl sites for hydroxylation is 2. The van der Waals surface area contributed by atoms with Crippen molar-refractivity contribution in [3.05, 3.63) is 46.6 Å². The van der Waals surface area contributed by atoms with Crippen LogP contribution in [0, 0.1) is 19.7 Å². The van der Waals surface area contributed by atoms with Crippen molar-refractivity contribution in [3.8, 4) is 0 Å². The van der Waals surface area contributed by atoms with E-state index in [1.165, 1.54) is 6.07 Å². The molecule has 0 saturated carbocycles. The fourth-order valence-electron chi connectivity index (χ4n) is 1.91. The number of halogens is 1. The molecule has 2 N–H and O–H groups in total. The van der Waals surface area contributed by atoms with Crippen LogP contribution < -0.4 is 5.32 Å². The molecule has 0 fully saturated rings. The minimum Gasteiger partial charge on any atom is -0.478 e. The average molecular weight is 292 g/mol. The monoisotopic (exact) mass is 292 g/mol. The summed E-state index contributed by atoms with van der Waals surface area (Å²) in [6.45, 7) is 3.39. The lowest BCUT2D eigenvalue weighted by molar-refractivity contribution is -0.115. The molecule has 0 aliphatic heterocycles. The van der Waals surface area contributed by atoms with Crippen molar-refractivity contribution >= 4 is 17.6 Å². The van der Waals surface area contributed by atoms with Gasteiger partial charge in [-0.3, -0.25) is 4.79 Å². The van der Waals surface area contributed by atoms with E-state index in [0.717, 1.165) is 12.1 Å². The van der Waals surface area contributed by atoms with Crippen LogP contribution in [-0.2, 0) is 11.2 Å². The topological polar surface area (TPSA) is 92.4 Å². The minimum absolute atomic E-state index is 0.00238. The molecule has 0 atom stereocenters. The molecule has 0 spiro atoms. The molecule has 0 unspecified atom stereocenters. The third kappa shape index (κ3) is 3.25. The minimum atomic E-state index is -1.32. The van der Waals surface area contributed by atoms with Crippen LogP contribution in [0.3, 0.4) is 0 Å². The summed E-state index contributed by atoms with van der Waals surface area (Å²) in [6.07, 6.45) is -0.00238. The second kappa shape index (κ2) is 5.74. The Bertz CT molecular complexity index is 689. The Balaban J connectivity index is 2.19. The van der Waals surface area contributed by atoms with Gasteiger partial charge < -0.3 is 14.9 Å². The highest BCUT2D eigenvalue weighted by Gasteiger charge is 2.17. The molecule has 0 aliphatic rings. The molecule has 110 valence electrons. The number of hydrogen-bond donors (Lipinski definition) is 2. The van der Waals surface area contributed by atoms with Gasteiger partial charge in [0.15, 0.2) is 0 Å². The van der Waals surface area contributed by atoms with Crippen LogP contribution in [-0.4, -0.2) is 22.1 Å². The van der Waals surface area contributed by atoms with Gasteiger partial charge in [-0.2, -0.15) is 0 Å². The molecule has 0 saturated heterocycles. The van der Waals surface area contributed by atoms with Gasteiger partial charge in [-0.15, -0.1) is 0 Å². The predicted molar refractivity (Wildman–Crippen MR) is 71.7 cm³/mol. The molecular formula is C14H13FN2O4. The highest BCUT2D eigenvalue weighted by atomic mass is 19.1. The Morgan fingerprint density at radius 3 is 2.67 bits per heavy atom. The number of benzene rings is 1. The van der Waals surface area contributed by atoms with E-state index in [2.05, 4.69) is 10.5 Å². The first-order valence-electron chi connectivity index (χ1n) is 6.13. The summed E-state index contributed by atoms with van der Waals surface area (Å²) in [5, 5.41) is 15.2. The maximum atomic E-state index is 13.1. The molecular weight excluding hydrogens is 279 g/mol. The molecule has 2 aromatic rings. The highest BCUT2D eigenvalue weighted by Crippen LogP contribution is 2.19. The number of nitrogens with one attached hydrogen (secondary N) is 1. The van der Waals surface area contributed by atoms with E-state index in [-0.39, 0.29) is 17.7 Å². The molecule has 2 rings (SSSR count). The number of carbonyl (C=O) groups excluding carboxylic acids is 1. The predicted octanol–water partition coefficient (Wildman–Crippen LogP) is 2.31. The number of rotatable bonds is 4. The number of carboxylic acids is 1. The lowest BCUT2D eigenvalue weighted by atomic mass is 10.1. The fourth-order valence-corrected chi connectivity index (χ4v) is 1.91. The van der Waals surface area contributed by atoms with Crippen LogP contribution in [0.1, 0.15) is 27.4 Å². The van der Waals surface area contributed by atoms with Gasteiger partial charge in [-0.25, -0.2) is 9.18 Å². The summed E-state index contributed by atoms with van der Waals surface area (Å²) in [5.41, 5.74) is 0.981. The number of carboxylic acid groups (broad SMARTS) is 1. The SMILES string of the molecule is Cc1noc(C)c1CC(=O)Nc1ccc(F)cc1C(=O)O. The lowest BCUT2D eigenvalue weighted by Gasteiger charge is -2.08. The van der Waals surface area contributed by atoms with Crippen molar-refractivity contribution in [1.82, 2.24) is 5.16 Å². The van der Waals surface area contributed by atoms with Gasteiger partial charge in [0.05, 0.1) is 23.4 Å². The molecule has 1 aromatic carbocycles. The Morgan fingerprint density at radius 2 is 2.10 bits per heavy atom. The molecule has 6 nitrogen and oxygen atoms in total. The zero-order chi connectivity index (χ0) is 15.6. The van der Waals surface area contributed by atoms with Crippen molar-refractivity contribution < 1.29 is 23.6 Å². The standard InChI is InChI=1S/C14H13FN2O4/c1-7-10(8(2)21-17-7)6-13(18)16-12-4-3-9(15)5-11(12)14(19)20/h3-5H,6H2,1-2H3,(H,16,18)(H,19,20). The molecule has 1 aromatic heterocycles. The van der Waals surface area contributed by atoms with Crippen LogP contribution in [0.4, 0.5) is 10.1 Å². The number of nitrogens with zero attached hydrogens (tertiary/aromatic N) is 1. The molecule has 21 heavy (non-hydrogen) atoms. The van der Waals surface area contributed by atoms with Gasteiger partial charge in [-0.05, 0) is 32.0 Å². The van der Waals surface area contributed by atoms with Crippen molar-refractivity contribution in [3.63, 3.8) is 0 Å². The number of carbonyl (C=O) groups is 2. The number of anilines is 1. The summed E-state index contributed by atoms with van der Waals surface area (Å²) in [5.74, 6) is -1.91. The van der Waals surface area contributed by atoms with Crippen molar-refractivity contribution in [1.29, 1.82) is 0 Å². The number of aromatic carboxylic acids is 1. The lowest BCUT2D eigenvalue weighted by Crippen LogP contribution is -2.17. The summed E-state index contributed by atoms with van der Waals surface area (Å²) >= 11 is 0. The van der Waals surface area contributed by atoms with Crippen LogP contribution >= 0.6 is 0 Å². The Morgan fingerprint density at radius 1 is 1.38 bits per heavy atom. The maximum absolute atomic E-state index is 13.1. The van der Waals surface area contributed by atoms with E-state index < -0.39 is 17.7 Å². The first-order chi connectivity index (χ1) is 9.88.